The van der Waals surface area contributed by atoms with Crippen molar-refractivity contribution in [3.05, 3.63) is 30.1 Å². The SMILES string of the molecule is O=C(O)[C@@H]1C[C@@H](O)CN1S(=O)(=O)c1cccc(F)c1. The van der Waals surface area contributed by atoms with Crippen molar-refractivity contribution in [1.82, 2.24) is 4.31 Å². The van der Waals surface area contributed by atoms with E-state index in [4.69, 9.17) is 5.11 Å². The Morgan fingerprint density at radius 3 is 2.68 bits per heavy atom. The number of hydrogen-bond acceptors (Lipinski definition) is 4. The summed E-state index contributed by atoms with van der Waals surface area (Å²) in [5.74, 6) is -2.07. The lowest BCUT2D eigenvalue weighted by Gasteiger charge is -2.20. The predicted octanol–water partition coefficient (Wildman–Crippen LogP) is 0.0342. The molecule has 19 heavy (non-hydrogen) atoms. The van der Waals surface area contributed by atoms with E-state index in [9.17, 15) is 22.7 Å². The highest BCUT2D eigenvalue weighted by molar-refractivity contribution is 7.89. The zero-order valence-corrected chi connectivity index (χ0v) is 10.5. The fourth-order valence-corrected chi connectivity index (χ4v) is 3.70. The summed E-state index contributed by atoms with van der Waals surface area (Å²) in [6, 6.07) is 2.99. The number of hydrogen-bond donors (Lipinski definition) is 2. The molecule has 0 spiro atoms. The third-order valence-corrected chi connectivity index (χ3v) is 4.79. The molecule has 0 aliphatic carbocycles. The maximum Gasteiger partial charge on any atom is 0.322 e. The van der Waals surface area contributed by atoms with E-state index < -0.39 is 34.0 Å². The van der Waals surface area contributed by atoms with E-state index in [0.717, 1.165) is 12.1 Å². The Balaban J connectivity index is 2.41. The molecular formula is C11H12FNO5S. The van der Waals surface area contributed by atoms with E-state index in [2.05, 4.69) is 0 Å². The van der Waals surface area contributed by atoms with Gasteiger partial charge in [0.1, 0.15) is 11.9 Å². The molecule has 2 atom stereocenters. The molecule has 8 heteroatoms. The Labute approximate surface area is 109 Å². The van der Waals surface area contributed by atoms with Gasteiger partial charge in [-0.15, -0.1) is 0 Å². The molecule has 0 radical (unpaired) electrons. The standard InChI is InChI=1S/C11H12FNO5S/c12-7-2-1-3-9(4-7)19(17,18)13-6-8(14)5-10(13)11(15)16/h1-4,8,10,14H,5-6H2,(H,15,16)/t8-,10+/m1/s1. The summed E-state index contributed by atoms with van der Waals surface area (Å²) in [6.45, 7) is -0.310. The molecule has 0 saturated carbocycles. The highest BCUT2D eigenvalue weighted by Crippen LogP contribution is 2.26. The Kier molecular flexibility index (Phi) is 3.57. The average molecular weight is 289 g/mol. The number of β-amino-alcohol motifs (C(OH)–C–C–N with tert-alkyl or cyclic N) is 1. The zero-order valence-electron chi connectivity index (χ0n) is 9.73. The molecule has 6 nitrogen and oxygen atoms in total. The maximum atomic E-state index is 13.1. The van der Waals surface area contributed by atoms with E-state index in [1.54, 1.807) is 0 Å². The molecule has 1 aromatic rings. The van der Waals surface area contributed by atoms with Crippen molar-refractivity contribution in [2.45, 2.75) is 23.5 Å². The fourth-order valence-electron chi connectivity index (χ4n) is 2.04. The van der Waals surface area contributed by atoms with Gasteiger partial charge in [-0.1, -0.05) is 6.07 Å². The van der Waals surface area contributed by atoms with Gasteiger partial charge in [-0.2, -0.15) is 4.31 Å². The number of carboxylic acids is 1. The van der Waals surface area contributed by atoms with Crippen LogP contribution < -0.4 is 0 Å². The van der Waals surface area contributed by atoms with Crippen LogP contribution in [0.1, 0.15) is 6.42 Å². The van der Waals surface area contributed by atoms with Crippen LogP contribution in [-0.4, -0.2) is 47.6 Å². The molecule has 0 unspecified atom stereocenters. The van der Waals surface area contributed by atoms with Gasteiger partial charge >= 0.3 is 5.97 Å². The molecule has 0 amide bonds. The third-order valence-electron chi connectivity index (χ3n) is 2.92. The second kappa shape index (κ2) is 4.87. The molecule has 1 aromatic carbocycles. The number of carboxylic acid groups (broad SMARTS) is 1. The van der Waals surface area contributed by atoms with Gasteiger partial charge in [0.25, 0.3) is 0 Å². The van der Waals surface area contributed by atoms with Gasteiger partial charge in [-0.25, -0.2) is 12.8 Å². The van der Waals surface area contributed by atoms with Crippen molar-refractivity contribution >= 4 is 16.0 Å². The third kappa shape index (κ3) is 2.60. The van der Waals surface area contributed by atoms with Crippen LogP contribution in [0.5, 0.6) is 0 Å². The molecular weight excluding hydrogens is 277 g/mol. The smallest absolute Gasteiger partial charge is 0.322 e. The summed E-state index contributed by atoms with van der Waals surface area (Å²) in [5, 5.41) is 18.4. The van der Waals surface area contributed by atoms with Crippen LogP contribution in [0.25, 0.3) is 0 Å². The number of aliphatic carboxylic acids is 1. The Morgan fingerprint density at radius 2 is 2.11 bits per heavy atom. The molecule has 0 aromatic heterocycles. The van der Waals surface area contributed by atoms with Crippen molar-refractivity contribution in [1.29, 1.82) is 0 Å². The van der Waals surface area contributed by atoms with Gasteiger partial charge < -0.3 is 10.2 Å². The van der Waals surface area contributed by atoms with Crippen LogP contribution in [0.2, 0.25) is 0 Å². The molecule has 2 N–H and O–H groups in total. The summed E-state index contributed by atoms with van der Waals surface area (Å²) in [4.78, 5) is 10.7. The summed E-state index contributed by atoms with van der Waals surface area (Å²) in [6.07, 6.45) is -1.21. The molecule has 1 saturated heterocycles. The first-order valence-corrected chi connectivity index (χ1v) is 6.94. The van der Waals surface area contributed by atoms with Crippen LogP contribution in [0, 0.1) is 5.82 Å². The first kappa shape index (κ1) is 13.9. The largest absolute Gasteiger partial charge is 0.480 e. The predicted molar refractivity (Wildman–Crippen MR) is 62.3 cm³/mol. The second-order valence-electron chi connectivity index (χ2n) is 4.28. The lowest BCUT2D eigenvalue weighted by Crippen LogP contribution is -2.40. The van der Waals surface area contributed by atoms with Crippen LogP contribution in [-0.2, 0) is 14.8 Å². The number of carbonyl (C=O) groups is 1. The van der Waals surface area contributed by atoms with Crippen molar-refractivity contribution in [2.75, 3.05) is 6.54 Å². The van der Waals surface area contributed by atoms with Crippen molar-refractivity contribution in [2.24, 2.45) is 0 Å². The normalized spacial score (nSPS) is 24.5. The summed E-state index contributed by atoms with van der Waals surface area (Å²) in [5.41, 5.74) is 0. The van der Waals surface area contributed by atoms with Gasteiger partial charge in [0.05, 0.1) is 11.0 Å². The quantitative estimate of drug-likeness (QED) is 0.819. The van der Waals surface area contributed by atoms with E-state index in [0.29, 0.717) is 4.31 Å². The number of nitrogens with zero attached hydrogens (tertiary/aromatic N) is 1. The topological polar surface area (TPSA) is 94.9 Å². The molecule has 1 heterocycles. The summed E-state index contributed by atoms with van der Waals surface area (Å²) < 4.78 is 38.2. The van der Waals surface area contributed by atoms with Crippen LogP contribution in [0.3, 0.4) is 0 Å². The van der Waals surface area contributed by atoms with Gasteiger partial charge in [0, 0.05) is 13.0 Å². The molecule has 104 valence electrons. The van der Waals surface area contributed by atoms with Crippen LogP contribution in [0.15, 0.2) is 29.2 Å². The Morgan fingerprint density at radius 1 is 1.42 bits per heavy atom. The zero-order chi connectivity index (χ0) is 14.2. The van der Waals surface area contributed by atoms with Gasteiger partial charge in [-0.3, -0.25) is 4.79 Å². The molecule has 1 aliphatic rings. The first-order valence-electron chi connectivity index (χ1n) is 5.50. The van der Waals surface area contributed by atoms with E-state index in [1.807, 2.05) is 0 Å². The molecule has 0 bridgehead atoms. The lowest BCUT2D eigenvalue weighted by atomic mass is 10.2. The van der Waals surface area contributed by atoms with E-state index in [-0.39, 0.29) is 17.9 Å². The van der Waals surface area contributed by atoms with Crippen molar-refractivity contribution < 1.29 is 27.8 Å². The monoisotopic (exact) mass is 289 g/mol. The molecule has 1 aliphatic heterocycles. The average Bonchev–Trinajstić information content (AvgIpc) is 2.72. The lowest BCUT2D eigenvalue weighted by molar-refractivity contribution is -0.140. The number of benzene rings is 1. The summed E-state index contributed by atoms with van der Waals surface area (Å²) >= 11 is 0. The van der Waals surface area contributed by atoms with Crippen molar-refractivity contribution in [3.8, 4) is 0 Å². The number of aliphatic hydroxyl groups excluding tert-OH is 1. The second-order valence-corrected chi connectivity index (χ2v) is 6.17. The molecule has 2 rings (SSSR count). The Bertz CT molecular complexity index is 603. The molecule has 1 fully saturated rings. The number of rotatable bonds is 3. The number of halogens is 1. The number of aliphatic hydroxyl groups is 1. The highest BCUT2D eigenvalue weighted by atomic mass is 32.2. The van der Waals surface area contributed by atoms with Gasteiger partial charge in [0.15, 0.2) is 0 Å². The van der Waals surface area contributed by atoms with Crippen molar-refractivity contribution in [3.63, 3.8) is 0 Å². The Hall–Kier alpha value is -1.51. The number of sulfonamides is 1. The minimum absolute atomic E-state index is 0.177. The van der Waals surface area contributed by atoms with Gasteiger partial charge in [0.2, 0.25) is 10.0 Å². The minimum Gasteiger partial charge on any atom is -0.480 e. The first-order chi connectivity index (χ1) is 8.82. The minimum atomic E-state index is -4.14. The van der Waals surface area contributed by atoms with Crippen LogP contribution in [0.4, 0.5) is 4.39 Å². The fraction of sp³-hybridized carbons (Fsp3) is 0.364. The van der Waals surface area contributed by atoms with Gasteiger partial charge in [-0.05, 0) is 18.2 Å². The van der Waals surface area contributed by atoms with E-state index >= 15 is 0 Å². The summed E-state index contributed by atoms with van der Waals surface area (Å²) in [7, 11) is -4.14. The highest BCUT2D eigenvalue weighted by Gasteiger charge is 2.43. The van der Waals surface area contributed by atoms with Crippen LogP contribution >= 0.6 is 0 Å². The maximum absolute atomic E-state index is 13.1. The van der Waals surface area contributed by atoms with E-state index in [1.165, 1.54) is 12.1 Å².